The summed E-state index contributed by atoms with van der Waals surface area (Å²) in [6.45, 7) is 3.65. The van der Waals surface area contributed by atoms with Crippen molar-refractivity contribution in [3.8, 4) is 0 Å². The molecule has 0 aliphatic heterocycles. The lowest BCUT2D eigenvalue weighted by atomic mass is 9.89. The van der Waals surface area contributed by atoms with E-state index in [0.717, 1.165) is 12.8 Å². The van der Waals surface area contributed by atoms with Crippen LogP contribution >= 0.6 is 0 Å². The first kappa shape index (κ1) is 6.17. The summed E-state index contributed by atoms with van der Waals surface area (Å²) in [6.07, 6.45) is 8.04. The third-order valence-electron chi connectivity index (χ3n) is 2.76. The van der Waals surface area contributed by atoms with E-state index in [4.69, 9.17) is 0 Å². The molecule has 0 heterocycles. The van der Waals surface area contributed by atoms with Gasteiger partial charge in [-0.3, -0.25) is 0 Å². The van der Waals surface area contributed by atoms with Gasteiger partial charge in [0.1, 0.15) is 0 Å². The summed E-state index contributed by atoms with van der Waals surface area (Å²) in [5.74, 6) is 0.975. The van der Waals surface area contributed by atoms with Crippen LogP contribution in [0.5, 0.6) is 0 Å². The maximum atomic E-state index is 9.82. The maximum absolute atomic E-state index is 9.82. The maximum Gasteiger partial charge on any atom is 0.0893 e. The van der Waals surface area contributed by atoms with Crippen molar-refractivity contribution in [2.45, 2.75) is 18.4 Å². The Bertz CT molecular complexity index is 195. The molecule has 0 radical (unpaired) electrons. The van der Waals surface area contributed by atoms with Gasteiger partial charge in [0, 0.05) is 5.92 Å². The molecule has 0 saturated heterocycles. The van der Waals surface area contributed by atoms with Gasteiger partial charge in [0.25, 0.3) is 0 Å². The third-order valence-corrected chi connectivity index (χ3v) is 2.76. The normalized spacial score (nSPS) is 50.1. The topological polar surface area (TPSA) is 20.2 Å². The number of hydrogen-bond donors (Lipinski definition) is 1. The quantitative estimate of drug-likeness (QED) is 0.541. The minimum atomic E-state index is -0.570. The first-order valence-corrected chi connectivity index (χ1v) is 3.79. The van der Waals surface area contributed by atoms with Crippen molar-refractivity contribution in [3.63, 3.8) is 0 Å². The van der Waals surface area contributed by atoms with Crippen molar-refractivity contribution in [3.05, 3.63) is 24.8 Å². The molecule has 2 rings (SSSR count). The fourth-order valence-electron chi connectivity index (χ4n) is 2.10. The zero-order valence-corrected chi connectivity index (χ0v) is 5.96. The first-order valence-electron chi connectivity index (χ1n) is 3.79. The van der Waals surface area contributed by atoms with Crippen LogP contribution in [0, 0.1) is 11.8 Å². The minimum absolute atomic E-state index is 0.356. The largest absolute Gasteiger partial charge is 0.385 e. The summed E-state index contributed by atoms with van der Waals surface area (Å²) in [5.41, 5.74) is -0.570. The predicted molar refractivity (Wildman–Crippen MR) is 40.5 cm³/mol. The highest BCUT2D eigenvalue weighted by molar-refractivity contribution is 5.21. The summed E-state index contributed by atoms with van der Waals surface area (Å²) in [4.78, 5) is 0. The first-order chi connectivity index (χ1) is 4.74. The van der Waals surface area contributed by atoms with Crippen molar-refractivity contribution >= 4 is 0 Å². The summed E-state index contributed by atoms with van der Waals surface area (Å²) >= 11 is 0. The molecule has 1 N–H and O–H groups in total. The van der Waals surface area contributed by atoms with Crippen LogP contribution < -0.4 is 0 Å². The second kappa shape index (κ2) is 1.73. The van der Waals surface area contributed by atoms with E-state index in [1.54, 1.807) is 6.08 Å². The molecule has 54 valence electrons. The van der Waals surface area contributed by atoms with Crippen molar-refractivity contribution in [1.29, 1.82) is 0 Å². The van der Waals surface area contributed by atoms with Crippen LogP contribution in [0.3, 0.4) is 0 Å². The SMILES string of the molecule is C=C[C@@]1(O)C[C@H]2C=C[C@@H]1C2. The molecule has 0 aromatic carbocycles. The Morgan fingerprint density at radius 3 is 2.70 bits per heavy atom. The Labute approximate surface area is 61.1 Å². The zero-order valence-electron chi connectivity index (χ0n) is 5.96. The highest BCUT2D eigenvalue weighted by Gasteiger charge is 2.44. The van der Waals surface area contributed by atoms with Gasteiger partial charge in [-0.1, -0.05) is 18.2 Å². The van der Waals surface area contributed by atoms with E-state index in [-0.39, 0.29) is 0 Å². The highest BCUT2D eigenvalue weighted by Crippen LogP contribution is 2.46. The average Bonchev–Trinajstić information content (AvgIpc) is 2.46. The van der Waals surface area contributed by atoms with E-state index in [2.05, 4.69) is 18.7 Å². The molecule has 0 unspecified atom stereocenters. The van der Waals surface area contributed by atoms with E-state index >= 15 is 0 Å². The van der Waals surface area contributed by atoms with Crippen LogP contribution in [0.2, 0.25) is 0 Å². The van der Waals surface area contributed by atoms with Gasteiger partial charge in [-0.2, -0.15) is 0 Å². The standard InChI is InChI=1S/C9H12O/c1-2-9(10)6-7-3-4-8(9)5-7/h2-4,7-8,10H,1,5-6H2/t7-,8+,9+/m0/s1. The summed E-state index contributed by atoms with van der Waals surface area (Å²) in [5, 5.41) is 9.82. The van der Waals surface area contributed by atoms with Gasteiger partial charge < -0.3 is 5.11 Å². The molecule has 0 aromatic rings. The smallest absolute Gasteiger partial charge is 0.0893 e. The number of allylic oxidation sites excluding steroid dienone is 1. The second-order valence-electron chi connectivity index (χ2n) is 3.39. The van der Waals surface area contributed by atoms with Gasteiger partial charge in [-0.05, 0) is 18.8 Å². The Kier molecular flexibility index (Phi) is 1.07. The lowest BCUT2D eigenvalue weighted by Crippen LogP contribution is -2.30. The Hall–Kier alpha value is -0.560. The molecule has 0 spiro atoms. The molecule has 1 nitrogen and oxygen atoms in total. The molecular weight excluding hydrogens is 124 g/mol. The molecule has 0 aromatic heterocycles. The average molecular weight is 136 g/mol. The Morgan fingerprint density at radius 1 is 1.60 bits per heavy atom. The van der Waals surface area contributed by atoms with Crippen LogP contribution in [0.1, 0.15) is 12.8 Å². The molecule has 0 amide bonds. The van der Waals surface area contributed by atoms with Crippen LogP contribution in [0.15, 0.2) is 24.8 Å². The van der Waals surface area contributed by atoms with E-state index in [1.165, 1.54) is 0 Å². The van der Waals surface area contributed by atoms with Gasteiger partial charge in [0.05, 0.1) is 5.60 Å². The summed E-state index contributed by atoms with van der Waals surface area (Å²) < 4.78 is 0. The molecule has 2 aliphatic rings. The van der Waals surface area contributed by atoms with E-state index in [9.17, 15) is 5.11 Å². The van der Waals surface area contributed by atoms with Crippen LogP contribution in [0.25, 0.3) is 0 Å². The Morgan fingerprint density at radius 2 is 2.40 bits per heavy atom. The second-order valence-corrected chi connectivity index (χ2v) is 3.39. The van der Waals surface area contributed by atoms with Gasteiger partial charge in [0.15, 0.2) is 0 Å². The number of fused-ring (bicyclic) bond motifs is 2. The molecule has 1 saturated carbocycles. The lowest BCUT2D eigenvalue weighted by molar-refractivity contribution is 0.0652. The van der Waals surface area contributed by atoms with Crippen molar-refractivity contribution < 1.29 is 5.11 Å². The van der Waals surface area contributed by atoms with Crippen molar-refractivity contribution in [2.24, 2.45) is 11.8 Å². The van der Waals surface area contributed by atoms with Gasteiger partial charge in [-0.15, -0.1) is 6.58 Å². The minimum Gasteiger partial charge on any atom is -0.385 e. The van der Waals surface area contributed by atoms with E-state index < -0.39 is 5.60 Å². The van der Waals surface area contributed by atoms with E-state index in [0.29, 0.717) is 11.8 Å². The monoisotopic (exact) mass is 136 g/mol. The molecule has 3 atom stereocenters. The summed E-state index contributed by atoms with van der Waals surface area (Å²) in [7, 11) is 0. The molecule has 10 heavy (non-hydrogen) atoms. The molecular formula is C9H12O. The van der Waals surface area contributed by atoms with E-state index in [1.807, 2.05) is 0 Å². The molecule has 1 heteroatoms. The van der Waals surface area contributed by atoms with Gasteiger partial charge in [-0.25, -0.2) is 0 Å². The fraction of sp³-hybridized carbons (Fsp3) is 0.556. The van der Waals surface area contributed by atoms with Gasteiger partial charge in [0.2, 0.25) is 0 Å². The number of rotatable bonds is 1. The van der Waals surface area contributed by atoms with Crippen LogP contribution in [-0.2, 0) is 0 Å². The lowest BCUT2D eigenvalue weighted by Gasteiger charge is -2.25. The van der Waals surface area contributed by atoms with Crippen molar-refractivity contribution in [1.82, 2.24) is 0 Å². The molecule has 2 bridgehead atoms. The Balaban J connectivity index is 2.30. The number of hydrogen-bond acceptors (Lipinski definition) is 1. The van der Waals surface area contributed by atoms with Crippen LogP contribution in [-0.4, -0.2) is 10.7 Å². The van der Waals surface area contributed by atoms with Crippen LogP contribution in [0.4, 0.5) is 0 Å². The fourth-order valence-corrected chi connectivity index (χ4v) is 2.10. The zero-order chi connectivity index (χ0) is 7.19. The third kappa shape index (κ3) is 0.613. The summed E-state index contributed by atoms with van der Waals surface area (Å²) in [6, 6.07) is 0. The van der Waals surface area contributed by atoms with Gasteiger partial charge >= 0.3 is 0 Å². The van der Waals surface area contributed by atoms with Crippen molar-refractivity contribution in [2.75, 3.05) is 0 Å². The highest BCUT2D eigenvalue weighted by atomic mass is 16.3. The molecule has 1 fully saturated rings. The molecule has 2 aliphatic carbocycles. The predicted octanol–water partition coefficient (Wildman–Crippen LogP) is 1.50. The number of aliphatic hydroxyl groups is 1.